The molecule has 35 heavy (non-hydrogen) atoms. The van der Waals surface area contributed by atoms with Crippen molar-refractivity contribution in [2.45, 2.75) is 13.1 Å². The lowest BCUT2D eigenvalue weighted by Gasteiger charge is -2.36. The van der Waals surface area contributed by atoms with Crippen LogP contribution >= 0.6 is 0 Å². The molecule has 0 spiro atoms. The van der Waals surface area contributed by atoms with E-state index < -0.39 is 23.6 Å². The molecule has 1 aliphatic heterocycles. The summed E-state index contributed by atoms with van der Waals surface area (Å²) in [6.45, 7) is 4.54. The number of pyridine rings is 1. The van der Waals surface area contributed by atoms with Crippen molar-refractivity contribution in [3.63, 3.8) is 0 Å². The number of aryl methyl sites for hydroxylation is 2. The number of hydrogen-bond acceptors (Lipinski definition) is 6. The molecule has 1 N–H and O–H groups in total. The Hall–Kier alpha value is -3.74. The van der Waals surface area contributed by atoms with Crippen molar-refractivity contribution < 1.29 is 27.2 Å². The van der Waals surface area contributed by atoms with E-state index in [0.717, 1.165) is 24.1 Å². The number of nitrogens with one attached hydrogen (secondary N) is 1. The number of anilines is 3. The van der Waals surface area contributed by atoms with E-state index in [9.17, 15) is 27.2 Å². The van der Waals surface area contributed by atoms with Gasteiger partial charge in [0.2, 0.25) is 6.41 Å². The standard InChI is InChI=1S/C22H23F4N7O2/c1-13-18-19(32-8-6-30(2)7-9-32)17(11-27-20(18)31(3)29-13)33(12-34)21(35)28-14-4-5-15(16(23)10-14)22(24,25)26/h4-5,10-12H,6-9H2,1-3H3,(H,28,35). The van der Waals surface area contributed by atoms with Crippen LogP contribution in [0.25, 0.3) is 11.0 Å². The number of hydrogen-bond donors (Lipinski definition) is 1. The fourth-order valence-corrected chi connectivity index (χ4v) is 4.13. The van der Waals surface area contributed by atoms with E-state index >= 15 is 0 Å². The summed E-state index contributed by atoms with van der Waals surface area (Å²) in [5.41, 5.74) is 0.299. The lowest BCUT2D eigenvalue weighted by atomic mass is 10.1. The highest BCUT2D eigenvalue weighted by Crippen LogP contribution is 2.38. The molecule has 0 atom stereocenters. The highest BCUT2D eigenvalue weighted by atomic mass is 19.4. The van der Waals surface area contributed by atoms with Gasteiger partial charge in [-0.15, -0.1) is 0 Å². The van der Waals surface area contributed by atoms with Gasteiger partial charge in [-0.1, -0.05) is 0 Å². The Balaban J connectivity index is 1.73. The van der Waals surface area contributed by atoms with Gasteiger partial charge in [-0.05, 0) is 32.2 Å². The second kappa shape index (κ2) is 9.13. The number of carbonyl (C=O) groups is 2. The molecule has 3 amide bonds. The summed E-state index contributed by atoms with van der Waals surface area (Å²) in [4.78, 5) is 34.4. The maximum absolute atomic E-state index is 14.0. The van der Waals surface area contributed by atoms with Crippen molar-refractivity contribution in [3.05, 3.63) is 41.5 Å². The molecule has 0 unspecified atom stereocenters. The Morgan fingerprint density at radius 1 is 1.17 bits per heavy atom. The molecule has 3 aromatic rings. The van der Waals surface area contributed by atoms with Gasteiger partial charge in [0, 0.05) is 38.9 Å². The summed E-state index contributed by atoms with van der Waals surface area (Å²) in [6.07, 6.45) is -3.22. The Morgan fingerprint density at radius 3 is 2.46 bits per heavy atom. The van der Waals surface area contributed by atoms with E-state index in [1.165, 1.54) is 6.20 Å². The van der Waals surface area contributed by atoms with Crippen molar-refractivity contribution in [1.82, 2.24) is 19.7 Å². The molecule has 9 nitrogen and oxygen atoms in total. The topological polar surface area (TPSA) is 86.6 Å². The number of aromatic nitrogens is 3. The second-order valence-corrected chi connectivity index (χ2v) is 8.29. The van der Waals surface area contributed by atoms with Crippen LogP contribution in [0.1, 0.15) is 11.3 Å². The molecule has 0 saturated carbocycles. The average Bonchev–Trinajstić information content (AvgIpc) is 3.07. The van der Waals surface area contributed by atoms with Gasteiger partial charge in [-0.25, -0.2) is 19.1 Å². The first-order valence-corrected chi connectivity index (χ1v) is 10.7. The zero-order valence-corrected chi connectivity index (χ0v) is 19.2. The minimum absolute atomic E-state index is 0.179. The highest BCUT2D eigenvalue weighted by molar-refractivity contribution is 6.16. The quantitative estimate of drug-likeness (QED) is 0.443. The summed E-state index contributed by atoms with van der Waals surface area (Å²) in [7, 11) is 3.73. The summed E-state index contributed by atoms with van der Waals surface area (Å²) in [5.74, 6) is -1.54. The van der Waals surface area contributed by atoms with Gasteiger partial charge in [0.15, 0.2) is 5.65 Å². The van der Waals surface area contributed by atoms with Crippen LogP contribution < -0.4 is 15.1 Å². The number of halogens is 4. The van der Waals surface area contributed by atoms with Gasteiger partial charge in [0.1, 0.15) is 5.82 Å². The number of piperazine rings is 1. The Kier molecular flexibility index (Phi) is 6.36. The molecule has 4 rings (SSSR count). The van der Waals surface area contributed by atoms with E-state index in [1.807, 2.05) is 11.9 Å². The predicted molar refractivity (Wildman–Crippen MR) is 122 cm³/mol. The van der Waals surface area contributed by atoms with Crippen molar-refractivity contribution in [2.24, 2.45) is 7.05 Å². The predicted octanol–water partition coefficient (Wildman–Crippen LogP) is 3.38. The first-order valence-electron chi connectivity index (χ1n) is 10.7. The Morgan fingerprint density at radius 2 is 1.86 bits per heavy atom. The SMILES string of the molecule is Cc1nn(C)c2ncc(N(C=O)C(=O)Nc3ccc(C(F)(F)F)c(F)c3)c(N3CCN(C)CC3)c12. The smallest absolute Gasteiger partial charge is 0.367 e. The van der Waals surface area contributed by atoms with Crippen molar-refractivity contribution in [1.29, 1.82) is 0 Å². The molecule has 1 aliphatic rings. The number of urea groups is 1. The molecule has 3 heterocycles. The average molecular weight is 493 g/mol. The number of rotatable bonds is 4. The lowest BCUT2D eigenvalue weighted by molar-refractivity contribution is -0.140. The number of fused-ring (bicyclic) bond motifs is 1. The molecule has 1 aromatic carbocycles. The van der Waals surface area contributed by atoms with Crippen LogP contribution in [-0.4, -0.2) is 65.3 Å². The van der Waals surface area contributed by atoms with Gasteiger partial charge in [0.25, 0.3) is 0 Å². The summed E-state index contributed by atoms with van der Waals surface area (Å²) < 4.78 is 54.1. The van der Waals surface area contributed by atoms with Gasteiger partial charge in [-0.3, -0.25) is 9.48 Å². The molecule has 1 fully saturated rings. The molecular weight excluding hydrogens is 470 g/mol. The zero-order chi connectivity index (χ0) is 25.5. The first-order chi connectivity index (χ1) is 16.5. The molecule has 2 aromatic heterocycles. The molecule has 186 valence electrons. The fraction of sp³-hybridized carbons (Fsp3) is 0.364. The van der Waals surface area contributed by atoms with E-state index in [4.69, 9.17) is 0 Å². The van der Waals surface area contributed by atoms with Crippen LogP contribution in [0.3, 0.4) is 0 Å². The van der Waals surface area contributed by atoms with Crippen molar-refractivity contribution in [2.75, 3.05) is 48.3 Å². The van der Waals surface area contributed by atoms with Gasteiger partial charge < -0.3 is 15.1 Å². The Labute approximate surface area is 197 Å². The molecule has 1 saturated heterocycles. The minimum Gasteiger partial charge on any atom is -0.367 e. The van der Waals surface area contributed by atoms with E-state index in [0.29, 0.717) is 47.6 Å². The number of carbonyl (C=O) groups excluding carboxylic acids is 2. The zero-order valence-electron chi connectivity index (χ0n) is 19.2. The third-order valence-corrected chi connectivity index (χ3v) is 5.91. The number of alkyl halides is 3. The molecule has 0 bridgehead atoms. The van der Waals surface area contributed by atoms with Crippen LogP contribution in [0.4, 0.5) is 39.4 Å². The monoisotopic (exact) mass is 493 g/mol. The fourth-order valence-electron chi connectivity index (χ4n) is 4.13. The van der Waals surface area contributed by atoms with E-state index in [2.05, 4.69) is 20.3 Å². The van der Waals surface area contributed by atoms with Crippen LogP contribution in [0.5, 0.6) is 0 Å². The minimum atomic E-state index is -4.87. The maximum Gasteiger partial charge on any atom is 0.419 e. The van der Waals surface area contributed by atoms with Crippen LogP contribution in [0.15, 0.2) is 24.4 Å². The first kappa shape index (κ1) is 24.4. The molecule has 13 heteroatoms. The number of amides is 3. The normalized spacial score (nSPS) is 14.9. The van der Waals surface area contributed by atoms with Gasteiger partial charge in [-0.2, -0.15) is 18.3 Å². The maximum atomic E-state index is 14.0. The summed E-state index contributed by atoms with van der Waals surface area (Å²) in [6, 6.07) is 1.02. The third-order valence-electron chi connectivity index (χ3n) is 5.91. The number of benzene rings is 1. The Bertz CT molecular complexity index is 1280. The van der Waals surface area contributed by atoms with Crippen LogP contribution in [0, 0.1) is 12.7 Å². The lowest BCUT2D eigenvalue weighted by Crippen LogP contribution is -2.45. The van der Waals surface area contributed by atoms with Gasteiger partial charge >= 0.3 is 12.2 Å². The largest absolute Gasteiger partial charge is 0.419 e. The highest BCUT2D eigenvalue weighted by Gasteiger charge is 2.34. The molecular formula is C22H23F4N7O2. The summed E-state index contributed by atoms with van der Waals surface area (Å²) >= 11 is 0. The third kappa shape index (κ3) is 4.63. The molecule has 0 radical (unpaired) electrons. The molecule has 0 aliphatic carbocycles. The number of nitrogens with zero attached hydrogens (tertiary/aromatic N) is 6. The number of imide groups is 1. The number of likely N-dealkylation sites (N-methyl/N-ethyl adjacent to an activating group) is 1. The van der Waals surface area contributed by atoms with Crippen molar-refractivity contribution >= 4 is 40.5 Å². The van der Waals surface area contributed by atoms with Crippen molar-refractivity contribution in [3.8, 4) is 0 Å². The van der Waals surface area contributed by atoms with Gasteiger partial charge in [0.05, 0.1) is 34.2 Å². The van der Waals surface area contributed by atoms with Crippen LogP contribution in [0.2, 0.25) is 0 Å². The second-order valence-electron chi connectivity index (χ2n) is 8.29. The summed E-state index contributed by atoms with van der Waals surface area (Å²) in [5, 5.41) is 7.38. The van der Waals surface area contributed by atoms with E-state index in [1.54, 1.807) is 18.7 Å². The van der Waals surface area contributed by atoms with Crippen LogP contribution in [-0.2, 0) is 18.0 Å². The van der Waals surface area contributed by atoms with E-state index in [-0.39, 0.29) is 17.8 Å².